The predicted octanol–water partition coefficient (Wildman–Crippen LogP) is 4.22. The van der Waals surface area contributed by atoms with E-state index in [1.54, 1.807) is 12.5 Å². The molecule has 0 aliphatic rings. The molecule has 0 aliphatic heterocycles. The van der Waals surface area contributed by atoms with Crippen LogP contribution in [-0.2, 0) is 12.8 Å². The van der Waals surface area contributed by atoms with Crippen LogP contribution in [0.15, 0.2) is 48.5 Å². The largest absolute Gasteiger partial charge is 0.388 e. The van der Waals surface area contributed by atoms with Gasteiger partial charge in [0, 0.05) is 0 Å². The van der Waals surface area contributed by atoms with Gasteiger partial charge in [0.1, 0.15) is 11.5 Å². The fourth-order valence-corrected chi connectivity index (χ4v) is 2.44. The van der Waals surface area contributed by atoms with E-state index in [-0.39, 0.29) is 0 Å². The van der Waals surface area contributed by atoms with Crippen molar-refractivity contribution in [3.8, 4) is 24.0 Å². The minimum atomic E-state index is 0.549. The molecule has 0 aromatic heterocycles. The number of nitrogens with zero attached hydrogens (tertiary/aromatic N) is 2. The highest BCUT2D eigenvalue weighted by molar-refractivity contribution is 5.29. The van der Waals surface area contributed by atoms with E-state index in [9.17, 15) is 0 Å². The fourth-order valence-electron chi connectivity index (χ4n) is 2.44. The average molecular weight is 306 g/mol. The molecule has 0 amide bonds. The van der Waals surface area contributed by atoms with Gasteiger partial charge in [-0.2, -0.15) is 0 Å². The van der Waals surface area contributed by atoms with Crippen molar-refractivity contribution in [1.82, 2.24) is 0 Å². The molecule has 116 valence electrons. The molecule has 23 heavy (non-hydrogen) atoms. The monoisotopic (exact) mass is 306 g/mol. The maximum atomic E-state index is 8.46. The van der Waals surface area contributed by atoms with Gasteiger partial charge in [-0.05, 0) is 60.6 Å². The molecule has 4 nitrogen and oxygen atoms in total. The Kier molecular flexibility index (Phi) is 6.03. The van der Waals surface area contributed by atoms with E-state index in [1.165, 1.54) is 11.1 Å². The molecule has 0 aliphatic carbocycles. The van der Waals surface area contributed by atoms with Crippen LogP contribution in [0.4, 0.5) is 0 Å². The van der Waals surface area contributed by atoms with Crippen molar-refractivity contribution < 1.29 is 9.47 Å². The summed E-state index contributed by atoms with van der Waals surface area (Å²) in [5.41, 5.74) is 2.47. The van der Waals surface area contributed by atoms with Gasteiger partial charge in [-0.1, -0.05) is 31.2 Å². The first-order valence-electron chi connectivity index (χ1n) is 7.51. The van der Waals surface area contributed by atoms with Crippen molar-refractivity contribution in [2.45, 2.75) is 26.2 Å². The third kappa shape index (κ3) is 5.37. The number of hydrogen-bond donors (Lipinski definition) is 0. The highest BCUT2D eigenvalue weighted by atomic mass is 16.5. The molecule has 0 heterocycles. The van der Waals surface area contributed by atoms with Gasteiger partial charge in [-0.3, -0.25) is 0 Å². The second-order valence-corrected chi connectivity index (χ2v) is 5.52. The molecule has 2 rings (SSSR count). The number of hydrogen-bond acceptors (Lipinski definition) is 4. The molecule has 4 heteroatoms. The van der Waals surface area contributed by atoms with E-state index in [1.807, 2.05) is 48.5 Å². The van der Waals surface area contributed by atoms with E-state index in [4.69, 9.17) is 20.0 Å². The van der Waals surface area contributed by atoms with Gasteiger partial charge in [0.15, 0.2) is 0 Å². The maximum absolute atomic E-state index is 8.46. The van der Waals surface area contributed by atoms with Gasteiger partial charge < -0.3 is 9.47 Å². The van der Waals surface area contributed by atoms with Gasteiger partial charge in [-0.25, -0.2) is 0 Å². The summed E-state index contributed by atoms with van der Waals surface area (Å²) in [6, 6.07) is 15.3. The van der Waals surface area contributed by atoms with Crippen LogP contribution in [0.25, 0.3) is 0 Å². The van der Waals surface area contributed by atoms with E-state index in [0.717, 1.165) is 19.3 Å². The Balaban J connectivity index is 1.81. The number of ether oxygens (including phenoxy) is 2. The van der Waals surface area contributed by atoms with Crippen molar-refractivity contribution in [1.29, 1.82) is 10.5 Å². The maximum Gasteiger partial charge on any atom is 0.292 e. The fraction of sp³-hybridized carbons (Fsp3) is 0.263. The zero-order valence-corrected chi connectivity index (χ0v) is 13.0. The summed E-state index contributed by atoms with van der Waals surface area (Å²) in [6.45, 7) is 2.23. The zero-order chi connectivity index (χ0) is 16.5. The van der Waals surface area contributed by atoms with E-state index < -0.39 is 0 Å². The second kappa shape index (κ2) is 8.46. The molecule has 0 saturated heterocycles. The van der Waals surface area contributed by atoms with E-state index in [2.05, 4.69) is 6.92 Å². The standard InChI is InChI=1S/C19H18N2O2/c1-15(12-17-6-10-19(11-7-17)23-14-21)2-3-16-4-8-18(9-5-16)22-13-20/h4-11,15H,2-3,12H2,1H3. The van der Waals surface area contributed by atoms with Gasteiger partial charge in [-0.15, -0.1) is 10.5 Å². The van der Waals surface area contributed by atoms with Crippen LogP contribution in [0.2, 0.25) is 0 Å². The number of nitriles is 2. The molecule has 0 saturated carbocycles. The first-order chi connectivity index (χ1) is 11.2. The average Bonchev–Trinajstić information content (AvgIpc) is 2.57. The van der Waals surface area contributed by atoms with Crippen LogP contribution in [0.5, 0.6) is 11.5 Å². The molecule has 0 radical (unpaired) electrons. The van der Waals surface area contributed by atoms with Crippen molar-refractivity contribution in [3.63, 3.8) is 0 Å². The quantitative estimate of drug-likeness (QED) is 0.718. The van der Waals surface area contributed by atoms with E-state index >= 15 is 0 Å². The van der Waals surface area contributed by atoms with Crippen molar-refractivity contribution in [2.75, 3.05) is 0 Å². The lowest BCUT2D eigenvalue weighted by atomic mass is 9.94. The number of aryl methyl sites for hydroxylation is 1. The molecule has 2 aromatic carbocycles. The third-order valence-electron chi connectivity index (χ3n) is 3.68. The minimum absolute atomic E-state index is 0.549. The lowest BCUT2D eigenvalue weighted by Crippen LogP contribution is -2.02. The lowest BCUT2D eigenvalue weighted by Gasteiger charge is -2.12. The summed E-state index contributed by atoms with van der Waals surface area (Å²) in [6.07, 6.45) is 6.39. The molecule has 1 unspecified atom stereocenters. The summed E-state index contributed by atoms with van der Waals surface area (Å²) in [5.74, 6) is 1.69. The Morgan fingerprint density at radius 3 is 1.78 bits per heavy atom. The first kappa shape index (κ1) is 16.4. The summed E-state index contributed by atoms with van der Waals surface area (Å²) in [4.78, 5) is 0. The second-order valence-electron chi connectivity index (χ2n) is 5.52. The summed E-state index contributed by atoms with van der Waals surface area (Å²) in [5, 5.41) is 16.9. The Labute approximate surface area is 136 Å². The Morgan fingerprint density at radius 1 is 0.826 bits per heavy atom. The Hall–Kier alpha value is -2.98. The highest BCUT2D eigenvalue weighted by Crippen LogP contribution is 2.19. The van der Waals surface area contributed by atoms with Crippen molar-refractivity contribution >= 4 is 0 Å². The van der Waals surface area contributed by atoms with Gasteiger partial charge >= 0.3 is 0 Å². The molecular weight excluding hydrogens is 288 g/mol. The smallest absolute Gasteiger partial charge is 0.292 e. The van der Waals surface area contributed by atoms with Crippen molar-refractivity contribution in [2.24, 2.45) is 5.92 Å². The topological polar surface area (TPSA) is 66.0 Å². The van der Waals surface area contributed by atoms with Crippen LogP contribution in [0.3, 0.4) is 0 Å². The van der Waals surface area contributed by atoms with Crippen LogP contribution in [0, 0.1) is 29.0 Å². The minimum Gasteiger partial charge on any atom is -0.388 e. The number of rotatable bonds is 7. The summed E-state index contributed by atoms with van der Waals surface area (Å²) >= 11 is 0. The van der Waals surface area contributed by atoms with Crippen LogP contribution >= 0.6 is 0 Å². The van der Waals surface area contributed by atoms with Crippen molar-refractivity contribution in [3.05, 3.63) is 59.7 Å². The summed E-state index contributed by atoms with van der Waals surface area (Å²) in [7, 11) is 0. The van der Waals surface area contributed by atoms with E-state index in [0.29, 0.717) is 17.4 Å². The third-order valence-corrected chi connectivity index (χ3v) is 3.68. The normalized spacial score (nSPS) is 11.1. The Morgan fingerprint density at radius 2 is 1.30 bits per heavy atom. The lowest BCUT2D eigenvalue weighted by molar-refractivity contribution is 0.504. The van der Waals surface area contributed by atoms with Crippen LogP contribution in [-0.4, -0.2) is 0 Å². The summed E-state index contributed by atoms with van der Waals surface area (Å²) < 4.78 is 9.54. The molecular formula is C19H18N2O2. The first-order valence-corrected chi connectivity index (χ1v) is 7.51. The van der Waals surface area contributed by atoms with Crippen LogP contribution < -0.4 is 9.47 Å². The SMILES string of the molecule is CC(CCc1ccc(OC#N)cc1)Cc1ccc(OC#N)cc1. The zero-order valence-electron chi connectivity index (χ0n) is 13.0. The predicted molar refractivity (Wildman–Crippen MR) is 86.6 cm³/mol. The Bertz CT molecular complexity index is 694. The highest BCUT2D eigenvalue weighted by Gasteiger charge is 2.05. The van der Waals surface area contributed by atoms with Gasteiger partial charge in [0.05, 0.1) is 0 Å². The molecule has 0 fully saturated rings. The molecule has 1 atom stereocenters. The molecule has 0 bridgehead atoms. The molecule has 0 spiro atoms. The number of benzene rings is 2. The van der Waals surface area contributed by atoms with Gasteiger partial charge in [0.25, 0.3) is 12.5 Å². The van der Waals surface area contributed by atoms with Crippen LogP contribution in [0.1, 0.15) is 24.5 Å². The molecule has 2 aromatic rings. The van der Waals surface area contributed by atoms with Gasteiger partial charge in [0.2, 0.25) is 0 Å². The molecule has 0 N–H and O–H groups in total.